The van der Waals surface area contributed by atoms with E-state index in [-0.39, 0.29) is 17.6 Å². The molecule has 3 N–H and O–H groups in total. The van der Waals surface area contributed by atoms with Gasteiger partial charge in [-0.25, -0.2) is 4.79 Å². The van der Waals surface area contributed by atoms with Crippen LogP contribution in [0.5, 0.6) is 0 Å². The van der Waals surface area contributed by atoms with Crippen LogP contribution in [-0.2, 0) is 19.5 Å². The molecule has 1 aliphatic heterocycles. The highest BCUT2D eigenvalue weighted by molar-refractivity contribution is 5.73. The second-order valence-corrected chi connectivity index (χ2v) is 7.25. The molecule has 0 saturated heterocycles. The largest absolute Gasteiger partial charge is 0.393 e. The highest BCUT2D eigenvalue weighted by Gasteiger charge is 2.21. The van der Waals surface area contributed by atoms with Crippen molar-refractivity contribution in [1.29, 1.82) is 0 Å². The standard InChI is InChI=1S/C16H29N5O2/c1-12(22)9-16(2,3)11-18-15(23)17-10-14-20-19-13-7-5-4-6-8-21(13)14/h12,22H,4-11H2,1-3H3,(H2,17,18,23). The van der Waals surface area contributed by atoms with Crippen LogP contribution in [0, 0.1) is 5.41 Å². The molecular formula is C16H29N5O2. The Kier molecular flexibility index (Phi) is 5.98. The first-order valence-electron chi connectivity index (χ1n) is 8.48. The lowest BCUT2D eigenvalue weighted by atomic mass is 9.87. The van der Waals surface area contributed by atoms with Crippen LogP contribution in [0.1, 0.15) is 58.1 Å². The van der Waals surface area contributed by atoms with Crippen LogP contribution in [-0.4, -0.2) is 38.6 Å². The Balaban J connectivity index is 1.80. The number of nitrogens with zero attached hydrogens (tertiary/aromatic N) is 3. The van der Waals surface area contributed by atoms with Gasteiger partial charge in [0.1, 0.15) is 5.82 Å². The van der Waals surface area contributed by atoms with Crippen LogP contribution in [0.3, 0.4) is 0 Å². The highest BCUT2D eigenvalue weighted by Crippen LogP contribution is 2.21. The van der Waals surface area contributed by atoms with Gasteiger partial charge < -0.3 is 20.3 Å². The normalized spacial score (nSPS) is 16.3. The average Bonchev–Trinajstić information content (AvgIpc) is 2.69. The van der Waals surface area contributed by atoms with Crippen molar-refractivity contribution >= 4 is 6.03 Å². The molecule has 1 aromatic heterocycles. The fourth-order valence-corrected chi connectivity index (χ4v) is 3.09. The first-order chi connectivity index (χ1) is 10.9. The van der Waals surface area contributed by atoms with Crippen LogP contribution < -0.4 is 10.6 Å². The van der Waals surface area contributed by atoms with Crippen LogP contribution in [0.25, 0.3) is 0 Å². The Labute approximate surface area is 137 Å². The van der Waals surface area contributed by atoms with E-state index >= 15 is 0 Å². The predicted octanol–water partition coefficient (Wildman–Crippen LogP) is 1.60. The first kappa shape index (κ1) is 17.7. The second-order valence-electron chi connectivity index (χ2n) is 7.25. The number of hydrogen-bond donors (Lipinski definition) is 3. The maximum absolute atomic E-state index is 12.0. The predicted molar refractivity (Wildman–Crippen MR) is 87.9 cm³/mol. The van der Waals surface area contributed by atoms with Crippen LogP contribution in [0.4, 0.5) is 4.79 Å². The Morgan fingerprint density at radius 3 is 2.83 bits per heavy atom. The molecule has 23 heavy (non-hydrogen) atoms. The van der Waals surface area contributed by atoms with Crippen LogP contribution >= 0.6 is 0 Å². The molecule has 0 bridgehead atoms. The summed E-state index contributed by atoms with van der Waals surface area (Å²) in [5.41, 5.74) is -0.141. The number of aliphatic hydroxyl groups excluding tert-OH is 1. The van der Waals surface area contributed by atoms with E-state index in [9.17, 15) is 9.90 Å². The van der Waals surface area contributed by atoms with Crippen molar-refractivity contribution in [2.75, 3.05) is 6.54 Å². The van der Waals surface area contributed by atoms with Crippen molar-refractivity contribution in [3.63, 3.8) is 0 Å². The Morgan fingerprint density at radius 1 is 1.30 bits per heavy atom. The Hall–Kier alpha value is -1.63. The van der Waals surface area contributed by atoms with E-state index in [1.165, 1.54) is 6.42 Å². The van der Waals surface area contributed by atoms with Crippen LogP contribution in [0.15, 0.2) is 0 Å². The molecule has 1 atom stereocenters. The molecule has 2 rings (SSSR count). The van der Waals surface area contributed by atoms with E-state index < -0.39 is 0 Å². The van der Waals surface area contributed by atoms with Gasteiger partial charge in [-0.3, -0.25) is 0 Å². The molecule has 0 aliphatic carbocycles. The van der Waals surface area contributed by atoms with E-state index in [0.717, 1.165) is 37.5 Å². The number of urea groups is 1. The molecular weight excluding hydrogens is 294 g/mol. The SMILES string of the molecule is CC(O)CC(C)(C)CNC(=O)NCc1nnc2n1CCCCC2. The van der Waals surface area contributed by atoms with Gasteiger partial charge in [-0.1, -0.05) is 20.3 Å². The van der Waals surface area contributed by atoms with Gasteiger partial charge in [0.25, 0.3) is 0 Å². The minimum atomic E-state index is -0.374. The summed E-state index contributed by atoms with van der Waals surface area (Å²) in [7, 11) is 0. The second kappa shape index (κ2) is 7.77. The lowest BCUT2D eigenvalue weighted by Crippen LogP contribution is -2.41. The molecule has 0 radical (unpaired) electrons. The molecule has 2 amide bonds. The topological polar surface area (TPSA) is 92.1 Å². The summed E-state index contributed by atoms with van der Waals surface area (Å²) in [5, 5.41) is 23.6. The third-order valence-corrected chi connectivity index (χ3v) is 4.17. The number of carbonyl (C=O) groups is 1. The summed E-state index contributed by atoms with van der Waals surface area (Å²) in [4.78, 5) is 12.0. The summed E-state index contributed by atoms with van der Waals surface area (Å²) >= 11 is 0. The van der Waals surface area contributed by atoms with Crippen molar-refractivity contribution < 1.29 is 9.90 Å². The van der Waals surface area contributed by atoms with Gasteiger partial charge in [0, 0.05) is 19.5 Å². The van der Waals surface area contributed by atoms with E-state index in [0.29, 0.717) is 19.5 Å². The summed E-state index contributed by atoms with van der Waals surface area (Å²) < 4.78 is 2.13. The van der Waals surface area contributed by atoms with Gasteiger partial charge in [0.2, 0.25) is 0 Å². The summed E-state index contributed by atoms with van der Waals surface area (Å²) in [6.07, 6.45) is 4.75. The zero-order valence-corrected chi connectivity index (χ0v) is 14.4. The molecule has 0 aromatic carbocycles. The number of carbonyl (C=O) groups excluding carboxylic acids is 1. The van der Waals surface area contributed by atoms with Gasteiger partial charge in [0.05, 0.1) is 12.6 Å². The molecule has 1 unspecified atom stereocenters. The maximum Gasteiger partial charge on any atom is 0.315 e. The number of amides is 2. The number of rotatable bonds is 6. The van der Waals surface area contributed by atoms with Crippen molar-refractivity contribution in [2.24, 2.45) is 5.41 Å². The van der Waals surface area contributed by atoms with E-state index in [2.05, 4.69) is 25.4 Å². The Bertz CT molecular complexity index is 525. The van der Waals surface area contributed by atoms with Crippen LogP contribution in [0.2, 0.25) is 0 Å². The lowest BCUT2D eigenvalue weighted by Gasteiger charge is -2.26. The third-order valence-electron chi connectivity index (χ3n) is 4.17. The molecule has 7 nitrogen and oxygen atoms in total. The number of fused-ring (bicyclic) bond motifs is 1. The van der Waals surface area contributed by atoms with Crippen molar-refractivity contribution in [2.45, 2.75) is 72.1 Å². The van der Waals surface area contributed by atoms with Crippen molar-refractivity contribution in [3.8, 4) is 0 Å². The number of aryl methyl sites for hydroxylation is 1. The molecule has 1 aromatic rings. The molecule has 0 spiro atoms. The number of aliphatic hydroxyl groups is 1. The quantitative estimate of drug-likeness (QED) is 0.741. The highest BCUT2D eigenvalue weighted by atomic mass is 16.3. The van der Waals surface area contributed by atoms with Crippen molar-refractivity contribution in [1.82, 2.24) is 25.4 Å². The molecule has 130 valence electrons. The molecule has 0 saturated carbocycles. The zero-order valence-electron chi connectivity index (χ0n) is 14.4. The molecule has 1 aliphatic rings. The number of aromatic nitrogens is 3. The minimum absolute atomic E-state index is 0.141. The fourth-order valence-electron chi connectivity index (χ4n) is 3.09. The molecule has 0 fully saturated rings. The summed E-state index contributed by atoms with van der Waals surface area (Å²) in [6.45, 7) is 7.65. The third kappa shape index (κ3) is 5.49. The van der Waals surface area contributed by atoms with Gasteiger partial charge in [0.15, 0.2) is 5.82 Å². The number of hydrogen-bond acceptors (Lipinski definition) is 4. The molecule has 2 heterocycles. The van der Waals surface area contributed by atoms with Crippen molar-refractivity contribution in [3.05, 3.63) is 11.6 Å². The van der Waals surface area contributed by atoms with E-state index in [1.807, 2.05) is 13.8 Å². The zero-order chi connectivity index (χ0) is 16.9. The van der Waals surface area contributed by atoms with Gasteiger partial charge in [-0.15, -0.1) is 10.2 Å². The van der Waals surface area contributed by atoms with E-state index in [4.69, 9.17) is 0 Å². The summed E-state index contributed by atoms with van der Waals surface area (Å²) in [6, 6.07) is -0.213. The lowest BCUT2D eigenvalue weighted by molar-refractivity contribution is 0.129. The smallest absolute Gasteiger partial charge is 0.315 e. The average molecular weight is 323 g/mol. The monoisotopic (exact) mass is 323 g/mol. The maximum atomic E-state index is 12.0. The fraction of sp³-hybridized carbons (Fsp3) is 0.812. The summed E-state index contributed by atoms with van der Waals surface area (Å²) in [5.74, 6) is 1.85. The van der Waals surface area contributed by atoms with Gasteiger partial charge in [-0.05, 0) is 31.6 Å². The molecule has 7 heteroatoms. The minimum Gasteiger partial charge on any atom is -0.393 e. The number of nitrogens with one attached hydrogen (secondary N) is 2. The Morgan fingerprint density at radius 2 is 2.09 bits per heavy atom. The van der Waals surface area contributed by atoms with Gasteiger partial charge >= 0.3 is 6.03 Å². The first-order valence-corrected chi connectivity index (χ1v) is 8.48. The van der Waals surface area contributed by atoms with E-state index in [1.54, 1.807) is 6.92 Å². The van der Waals surface area contributed by atoms with Gasteiger partial charge in [-0.2, -0.15) is 0 Å².